The fourth-order valence-corrected chi connectivity index (χ4v) is 2.42. The highest BCUT2D eigenvalue weighted by Crippen LogP contribution is 2.26. The standard InChI is InChI=1S/C14H23N3/c1-11-5-7-17(10-12(11)2)14-8-13(9-15-3)4-6-16-14/h4,6,8,11-12,15H,5,7,9-10H2,1-3H3. The predicted octanol–water partition coefficient (Wildman–Crippen LogP) is 2.28. The third-order valence-corrected chi connectivity index (χ3v) is 3.85. The Morgan fingerprint density at radius 3 is 2.94 bits per heavy atom. The highest BCUT2D eigenvalue weighted by atomic mass is 15.2. The van der Waals surface area contributed by atoms with Crippen molar-refractivity contribution in [2.24, 2.45) is 11.8 Å². The maximum Gasteiger partial charge on any atom is 0.128 e. The molecule has 2 atom stereocenters. The fraction of sp³-hybridized carbons (Fsp3) is 0.643. The summed E-state index contributed by atoms with van der Waals surface area (Å²) in [7, 11) is 1.98. The number of hydrogen-bond acceptors (Lipinski definition) is 3. The highest BCUT2D eigenvalue weighted by molar-refractivity contribution is 5.41. The van der Waals surface area contributed by atoms with Gasteiger partial charge in [-0.15, -0.1) is 0 Å². The van der Waals surface area contributed by atoms with E-state index in [0.29, 0.717) is 0 Å². The van der Waals surface area contributed by atoms with Crippen LogP contribution in [0.2, 0.25) is 0 Å². The van der Waals surface area contributed by atoms with Gasteiger partial charge in [0.15, 0.2) is 0 Å². The summed E-state index contributed by atoms with van der Waals surface area (Å²) >= 11 is 0. The van der Waals surface area contributed by atoms with Gasteiger partial charge in [-0.05, 0) is 43.0 Å². The summed E-state index contributed by atoms with van der Waals surface area (Å²) in [4.78, 5) is 6.92. The van der Waals surface area contributed by atoms with E-state index in [4.69, 9.17) is 0 Å². The summed E-state index contributed by atoms with van der Waals surface area (Å²) in [6.45, 7) is 7.88. The second kappa shape index (κ2) is 5.50. The first-order chi connectivity index (χ1) is 8.20. The summed E-state index contributed by atoms with van der Waals surface area (Å²) < 4.78 is 0. The molecule has 0 aliphatic carbocycles. The van der Waals surface area contributed by atoms with Gasteiger partial charge in [-0.25, -0.2) is 4.98 Å². The number of piperidine rings is 1. The number of pyridine rings is 1. The molecule has 1 aliphatic rings. The molecule has 0 radical (unpaired) electrons. The van der Waals surface area contributed by atoms with Crippen molar-refractivity contribution in [3.63, 3.8) is 0 Å². The van der Waals surface area contributed by atoms with Gasteiger partial charge in [0.1, 0.15) is 5.82 Å². The lowest BCUT2D eigenvalue weighted by atomic mass is 9.89. The molecule has 3 heteroatoms. The van der Waals surface area contributed by atoms with Crippen LogP contribution in [0.3, 0.4) is 0 Å². The monoisotopic (exact) mass is 233 g/mol. The van der Waals surface area contributed by atoms with Crippen molar-refractivity contribution < 1.29 is 0 Å². The minimum Gasteiger partial charge on any atom is -0.356 e. The SMILES string of the molecule is CNCc1ccnc(N2CCC(C)C(C)C2)c1. The molecule has 17 heavy (non-hydrogen) atoms. The van der Waals surface area contributed by atoms with Gasteiger partial charge in [-0.3, -0.25) is 0 Å². The molecule has 0 amide bonds. The van der Waals surface area contributed by atoms with Gasteiger partial charge < -0.3 is 10.2 Å². The Morgan fingerprint density at radius 2 is 2.24 bits per heavy atom. The van der Waals surface area contributed by atoms with Crippen LogP contribution in [0.4, 0.5) is 5.82 Å². The molecule has 1 aromatic rings. The zero-order chi connectivity index (χ0) is 12.3. The number of anilines is 1. The molecule has 3 nitrogen and oxygen atoms in total. The molecule has 0 aromatic carbocycles. The van der Waals surface area contributed by atoms with Gasteiger partial charge >= 0.3 is 0 Å². The van der Waals surface area contributed by atoms with E-state index in [1.807, 2.05) is 13.2 Å². The molecule has 0 saturated carbocycles. The maximum atomic E-state index is 4.50. The molecule has 94 valence electrons. The molecule has 2 rings (SSSR count). The molecule has 1 aromatic heterocycles. The van der Waals surface area contributed by atoms with Crippen LogP contribution in [0.25, 0.3) is 0 Å². The van der Waals surface area contributed by atoms with Crippen molar-refractivity contribution in [2.75, 3.05) is 25.0 Å². The van der Waals surface area contributed by atoms with Gasteiger partial charge in [0, 0.05) is 25.8 Å². The lowest BCUT2D eigenvalue weighted by Gasteiger charge is -2.36. The molecule has 1 saturated heterocycles. The van der Waals surface area contributed by atoms with Gasteiger partial charge in [-0.2, -0.15) is 0 Å². The van der Waals surface area contributed by atoms with Crippen LogP contribution in [0.1, 0.15) is 25.8 Å². The van der Waals surface area contributed by atoms with Crippen molar-refractivity contribution >= 4 is 5.82 Å². The number of hydrogen-bond donors (Lipinski definition) is 1. The Hall–Kier alpha value is -1.09. The van der Waals surface area contributed by atoms with Crippen molar-refractivity contribution in [1.82, 2.24) is 10.3 Å². The van der Waals surface area contributed by atoms with Crippen LogP contribution in [0, 0.1) is 11.8 Å². The highest BCUT2D eigenvalue weighted by Gasteiger charge is 2.23. The Balaban J connectivity index is 2.09. The number of aromatic nitrogens is 1. The number of nitrogens with zero attached hydrogens (tertiary/aromatic N) is 2. The van der Waals surface area contributed by atoms with Crippen LogP contribution in [0.15, 0.2) is 18.3 Å². The number of nitrogens with one attached hydrogen (secondary N) is 1. The van der Waals surface area contributed by atoms with Crippen LogP contribution in [-0.2, 0) is 6.54 Å². The third-order valence-electron chi connectivity index (χ3n) is 3.85. The molecule has 1 aliphatic heterocycles. The minimum absolute atomic E-state index is 0.763. The summed E-state index contributed by atoms with van der Waals surface area (Å²) in [5.74, 6) is 2.74. The molecular weight excluding hydrogens is 210 g/mol. The molecule has 1 fully saturated rings. The van der Waals surface area contributed by atoms with Gasteiger partial charge in [0.25, 0.3) is 0 Å². The normalized spacial score (nSPS) is 25.0. The van der Waals surface area contributed by atoms with E-state index >= 15 is 0 Å². The molecule has 0 bridgehead atoms. The Morgan fingerprint density at radius 1 is 1.41 bits per heavy atom. The predicted molar refractivity (Wildman–Crippen MR) is 72.2 cm³/mol. The molecule has 2 heterocycles. The molecule has 1 N–H and O–H groups in total. The first kappa shape index (κ1) is 12.4. The molecular formula is C14H23N3. The topological polar surface area (TPSA) is 28.2 Å². The largest absolute Gasteiger partial charge is 0.356 e. The van der Waals surface area contributed by atoms with Crippen molar-refractivity contribution in [3.05, 3.63) is 23.9 Å². The lowest BCUT2D eigenvalue weighted by molar-refractivity contribution is 0.323. The van der Waals surface area contributed by atoms with Crippen molar-refractivity contribution in [3.8, 4) is 0 Å². The second-order valence-corrected chi connectivity index (χ2v) is 5.24. The van der Waals surface area contributed by atoms with Crippen molar-refractivity contribution in [1.29, 1.82) is 0 Å². The Kier molecular flexibility index (Phi) is 4.00. The van der Waals surface area contributed by atoms with Gasteiger partial charge in [0.05, 0.1) is 0 Å². The third kappa shape index (κ3) is 2.97. The second-order valence-electron chi connectivity index (χ2n) is 5.24. The average Bonchev–Trinajstić information content (AvgIpc) is 2.33. The number of rotatable bonds is 3. The fourth-order valence-electron chi connectivity index (χ4n) is 2.42. The van der Waals surface area contributed by atoms with Gasteiger partial charge in [0.2, 0.25) is 0 Å². The Labute approximate surface area is 104 Å². The quantitative estimate of drug-likeness (QED) is 0.868. The molecule has 2 unspecified atom stereocenters. The van der Waals surface area contributed by atoms with E-state index in [9.17, 15) is 0 Å². The maximum absolute atomic E-state index is 4.50. The summed E-state index contributed by atoms with van der Waals surface area (Å²) in [5.41, 5.74) is 1.31. The van der Waals surface area contributed by atoms with Crippen LogP contribution in [-0.4, -0.2) is 25.1 Å². The van der Waals surface area contributed by atoms with E-state index in [2.05, 4.69) is 41.2 Å². The van der Waals surface area contributed by atoms with E-state index in [-0.39, 0.29) is 0 Å². The van der Waals surface area contributed by atoms with E-state index in [0.717, 1.165) is 37.3 Å². The molecule has 0 spiro atoms. The summed E-state index contributed by atoms with van der Waals surface area (Å²) in [5, 5.41) is 3.18. The minimum atomic E-state index is 0.763. The van der Waals surface area contributed by atoms with Gasteiger partial charge in [-0.1, -0.05) is 13.8 Å². The summed E-state index contributed by atoms with van der Waals surface area (Å²) in [6, 6.07) is 4.29. The lowest BCUT2D eigenvalue weighted by Crippen LogP contribution is -2.38. The van der Waals surface area contributed by atoms with E-state index in [1.165, 1.54) is 12.0 Å². The Bertz CT molecular complexity index is 364. The zero-order valence-electron chi connectivity index (χ0n) is 11.1. The first-order valence-electron chi connectivity index (χ1n) is 6.55. The van der Waals surface area contributed by atoms with E-state index < -0.39 is 0 Å². The van der Waals surface area contributed by atoms with Crippen molar-refractivity contribution in [2.45, 2.75) is 26.8 Å². The zero-order valence-corrected chi connectivity index (χ0v) is 11.1. The van der Waals surface area contributed by atoms with Crippen LogP contribution in [0.5, 0.6) is 0 Å². The van der Waals surface area contributed by atoms with E-state index in [1.54, 1.807) is 0 Å². The summed E-state index contributed by atoms with van der Waals surface area (Å²) in [6.07, 6.45) is 3.20. The first-order valence-corrected chi connectivity index (χ1v) is 6.55. The van der Waals surface area contributed by atoms with Crippen LogP contribution >= 0.6 is 0 Å². The smallest absolute Gasteiger partial charge is 0.128 e. The van der Waals surface area contributed by atoms with Crippen LogP contribution < -0.4 is 10.2 Å². The average molecular weight is 233 g/mol.